The highest BCUT2D eigenvalue weighted by molar-refractivity contribution is 5.27. The van der Waals surface area contributed by atoms with Crippen LogP contribution in [0, 0.1) is 47.4 Å². The molecule has 4 aromatic rings. The lowest BCUT2D eigenvalue weighted by molar-refractivity contribution is 0.221. The Morgan fingerprint density at radius 1 is 0.308 bits per heavy atom. The molecule has 0 aromatic heterocycles. The van der Waals surface area contributed by atoms with Crippen LogP contribution < -0.4 is 0 Å². The number of allylic oxidation sites excluding steroid dienone is 4. The van der Waals surface area contributed by atoms with Gasteiger partial charge in [-0.2, -0.15) is 0 Å². The van der Waals surface area contributed by atoms with Gasteiger partial charge in [0.05, 0.1) is 26.2 Å². The molecule has 1 aliphatic rings. The van der Waals surface area contributed by atoms with Crippen LogP contribution in [0.1, 0.15) is 22.3 Å². The SMILES string of the molecule is C1#CCN(Cc2ccccc2)CCN(Cc2ccccc2)CC#C/C=C\C#CCN(Cc2ccccc2)CCN(Cc2ccccc2)CC#C/C=C\1. The molecular weight excluding hydrogens is 633 g/mol. The summed E-state index contributed by atoms with van der Waals surface area (Å²) in [6.45, 7) is 9.53. The molecule has 0 unspecified atom stereocenters. The summed E-state index contributed by atoms with van der Waals surface area (Å²) < 4.78 is 0. The lowest BCUT2D eigenvalue weighted by Crippen LogP contribution is -2.35. The van der Waals surface area contributed by atoms with Gasteiger partial charge in [-0.1, -0.05) is 169 Å². The maximum atomic E-state index is 3.37. The zero-order chi connectivity index (χ0) is 35.7. The van der Waals surface area contributed by atoms with Crippen molar-refractivity contribution in [3.8, 4) is 47.4 Å². The third-order valence-electron chi connectivity index (χ3n) is 8.58. The fraction of sp³-hybridized carbons (Fsp3) is 0.250. The molecule has 0 amide bonds. The maximum Gasteiger partial charge on any atom is 0.0608 e. The quantitative estimate of drug-likeness (QED) is 0.184. The molecule has 4 nitrogen and oxygen atoms in total. The van der Waals surface area contributed by atoms with Crippen molar-refractivity contribution in [3.63, 3.8) is 0 Å². The van der Waals surface area contributed by atoms with Crippen LogP contribution in [-0.4, -0.2) is 72.0 Å². The minimum Gasteiger partial charge on any atom is -0.287 e. The molecule has 0 bridgehead atoms. The van der Waals surface area contributed by atoms with Crippen molar-refractivity contribution in [2.24, 2.45) is 0 Å². The normalized spacial score (nSPS) is 16.9. The first-order chi connectivity index (χ1) is 25.8. The fourth-order valence-electron chi connectivity index (χ4n) is 5.82. The number of hydrogen-bond donors (Lipinski definition) is 0. The third-order valence-corrected chi connectivity index (χ3v) is 8.58. The van der Waals surface area contributed by atoms with E-state index in [9.17, 15) is 0 Å². The van der Waals surface area contributed by atoms with E-state index in [2.05, 4.69) is 188 Å². The first kappa shape index (κ1) is 37.7. The second kappa shape index (κ2) is 23.0. The molecule has 0 aliphatic carbocycles. The van der Waals surface area contributed by atoms with E-state index in [0.717, 1.165) is 52.4 Å². The van der Waals surface area contributed by atoms with Crippen LogP contribution in [-0.2, 0) is 26.2 Å². The third kappa shape index (κ3) is 15.1. The van der Waals surface area contributed by atoms with Gasteiger partial charge in [-0.25, -0.2) is 0 Å². The Bertz CT molecular complexity index is 1630. The summed E-state index contributed by atoms with van der Waals surface area (Å²) in [6, 6.07) is 42.5. The molecule has 0 atom stereocenters. The summed E-state index contributed by atoms with van der Waals surface area (Å²) in [6.07, 6.45) is 7.50. The second-order valence-electron chi connectivity index (χ2n) is 12.7. The predicted octanol–water partition coefficient (Wildman–Crippen LogP) is 7.13. The van der Waals surface area contributed by atoms with Crippen LogP contribution in [0.4, 0.5) is 0 Å². The monoisotopic (exact) mass is 680 g/mol. The molecule has 4 aromatic carbocycles. The van der Waals surface area contributed by atoms with Gasteiger partial charge in [-0.3, -0.25) is 19.6 Å². The van der Waals surface area contributed by atoms with Gasteiger partial charge >= 0.3 is 0 Å². The zero-order valence-electron chi connectivity index (χ0n) is 30.1. The zero-order valence-corrected chi connectivity index (χ0v) is 30.1. The average Bonchev–Trinajstić information content (AvgIpc) is 3.18. The first-order valence-electron chi connectivity index (χ1n) is 18.1. The second-order valence-corrected chi connectivity index (χ2v) is 12.7. The summed E-state index contributed by atoms with van der Waals surface area (Å²) in [5, 5.41) is 0. The van der Waals surface area contributed by atoms with Crippen LogP contribution in [0.3, 0.4) is 0 Å². The largest absolute Gasteiger partial charge is 0.287 e. The molecule has 5 rings (SSSR count). The van der Waals surface area contributed by atoms with E-state index in [1.165, 1.54) is 22.3 Å². The van der Waals surface area contributed by atoms with E-state index in [1.54, 1.807) is 0 Å². The number of nitrogens with zero attached hydrogens (tertiary/aromatic N) is 4. The molecular formula is C48H48N4. The van der Waals surface area contributed by atoms with Crippen molar-refractivity contribution in [2.45, 2.75) is 26.2 Å². The summed E-state index contributed by atoms with van der Waals surface area (Å²) in [5.74, 6) is 26.4. The van der Waals surface area contributed by atoms with Crippen LogP contribution in [0.15, 0.2) is 146 Å². The molecule has 0 saturated heterocycles. The van der Waals surface area contributed by atoms with E-state index in [0.29, 0.717) is 26.2 Å². The molecule has 4 heteroatoms. The smallest absolute Gasteiger partial charge is 0.0608 e. The Kier molecular flexibility index (Phi) is 16.7. The molecule has 52 heavy (non-hydrogen) atoms. The average molecular weight is 681 g/mol. The van der Waals surface area contributed by atoms with E-state index >= 15 is 0 Å². The Morgan fingerprint density at radius 3 is 0.731 bits per heavy atom. The Balaban J connectivity index is 1.34. The van der Waals surface area contributed by atoms with Gasteiger partial charge in [0.1, 0.15) is 0 Å². The molecule has 1 heterocycles. The highest BCUT2D eigenvalue weighted by atomic mass is 15.2. The maximum absolute atomic E-state index is 3.37. The van der Waals surface area contributed by atoms with Crippen LogP contribution in [0.2, 0.25) is 0 Å². The summed E-state index contributed by atoms with van der Waals surface area (Å²) in [7, 11) is 0. The van der Waals surface area contributed by atoms with E-state index in [1.807, 2.05) is 24.3 Å². The van der Waals surface area contributed by atoms with Crippen molar-refractivity contribution in [1.82, 2.24) is 19.6 Å². The van der Waals surface area contributed by atoms with Gasteiger partial charge in [-0.15, -0.1) is 0 Å². The van der Waals surface area contributed by atoms with Gasteiger partial charge in [0.2, 0.25) is 0 Å². The van der Waals surface area contributed by atoms with Crippen molar-refractivity contribution in [1.29, 1.82) is 0 Å². The summed E-state index contributed by atoms with van der Waals surface area (Å²) >= 11 is 0. The fourth-order valence-corrected chi connectivity index (χ4v) is 5.82. The van der Waals surface area contributed by atoms with Crippen molar-refractivity contribution >= 4 is 0 Å². The van der Waals surface area contributed by atoms with Crippen molar-refractivity contribution in [3.05, 3.63) is 168 Å². The standard InChI is InChI=1S/C48H48N4/c1-2-6-22-34-50(42-46-27-15-10-16-28-46)39-40-52(44-48-31-19-12-20-32-48)36-24-8-4-3-7-23-35-51(43-47-29-17-11-18-30-47)38-37-49(33-21-5-1)41-45-25-13-9-14-26-45/h1-4,9-20,25-32H,33-44H2/b2-1-,4-3-. The van der Waals surface area contributed by atoms with Crippen LogP contribution in [0.25, 0.3) is 0 Å². The number of hydrogen-bond acceptors (Lipinski definition) is 4. The molecule has 0 radical (unpaired) electrons. The number of rotatable bonds is 8. The van der Waals surface area contributed by atoms with Gasteiger partial charge in [0.15, 0.2) is 0 Å². The first-order valence-corrected chi connectivity index (χ1v) is 18.1. The molecule has 0 saturated carbocycles. The van der Waals surface area contributed by atoms with Gasteiger partial charge in [-0.05, 0) is 46.6 Å². The molecule has 1 aliphatic heterocycles. The highest BCUT2D eigenvalue weighted by Crippen LogP contribution is 2.09. The molecule has 0 fully saturated rings. The Morgan fingerprint density at radius 2 is 0.519 bits per heavy atom. The lowest BCUT2D eigenvalue weighted by Gasteiger charge is -2.25. The minimum absolute atomic E-state index is 0.670. The van der Waals surface area contributed by atoms with E-state index in [-0.39, 0.29) is 0 Å². The minimum atomic E-state index is 0.670. The van der Waals surface area contributed by atoms with E-state index in [4.69, 9.17) is 0 Å². The van der Waals surface area contributed by atoms with Crippen LogP contribution >= 0.6 is 0 Å². The van der Waals surface area contributed by atoms with Crippen LogP contribution in [0.5, 0.6) is 0 Å². The van der Waals surface area contributed by atoms with Crippen molar-refractivity contribution < 1.29 is 0 Å². The summed E-state index contributed by atoms with van der Waals surface area (Å²) in [5.41, 5.74) is 5.12. The van der Waals surface area contributed by atoms with Gasteiger partial charge in [0, 0.05) is 52.4 Å². The van der Waals surface area contributed by atoms with E-state index < -0.39 is 0 Å². The number of benzene rings is 4. The predicted molar refractivity (Wildman–Crippen MR) is 216 cm³/mol. The Hall–Kier alpha value is -5.56. The Labute approximate surface area is 312 Å². The molecule has 260 valence electrons. The lowest BCUT2D eigenvalue weighted by atomic mass is 10.2. The highest BCUT2D eigenvalue weighted by Gasteiger charge is 2.11. The molecule has 0 spiro atoms. The molecule has 0 N–H and O–H groups in total. The van der Waals surface area contributed by atoms with Gasteiger partial charge < -0.3 is 0 Å². The van der Waals surface area contributed by atoms with Crippen molar-refractivity contribution in [2.75, 3.05) is 52.4 Å². The van der Waals surface area contributed by atoms with Gasteiger partial charge in [0.25, 0.3) is 0 Å². The summed E-state index contributed by atoms with van der Waals surface area (Å²) in [4.78, 5) is 9.63. The topological polar surface area (TPSA) is 13.0 Å².